The number of aliphatic hydroxyl groups is 1. The van der Waals surface area contributed by atoms with Crippen LogP contribution in [0.1, 0.15) is 24.3 Å². The van der Waals surface area contributed by atoms with Crippen LogP contribution in [0.2, 0.25) is 0 Å². The standard InChI is InChI=1S/C24H23F3N2O3/c25-16-3-1-13(2-4-16)22-21(19-9-17(26)10-20(27)23(19)28-22)14-7-15(8-14)24(31)29-5-6-32-18(11-29)12-30/h1-4,9-10,14-15,18,28,30H,5-8,11-12H2/t14?,15?,18-/m0/s1. The first-order valence-electron chi connectivity index (χ1n) is 10.7. The van der Waals surface area contributed by atoms with Gasteiger partial charge < -0.3 is 19.7 Å². The molecule has 2 N–H and O–H groups in total. The van der Waals surface area contributed by atoms with Gasteiger partial charge in [0.05, 0.1) is 30.5 Å². The van der Waals surface area contributed by atoms with E-state index in [1.807, 2.05) is 0 Å². The van der Waals surface area contributed by atoms with Gasteiger partial charge in [-0.1, -0.05) is 0 Å². The Balaban J connectivity index is 1.45. The maximum absolute atomic E-state index is 14.5. The molecule has 1 saturated carbocycles. The number of amides is 1. The van der Waals surface area contributed by atoms with Crippen LogP contribution in [-0.2, 0) is 9.53 Å². The van der Waals surface area contributed by atoms with E-state index in [0.29, 0.717) is 49.2 Å². The zero-order chi connectivity index (χ0) is 22.4. The predicted molar refractivity (Wildman–Crippen MR) is 112 cm³/mol. The van der Waals surface area contributed by atoms with Crippen molar-refractivity contribution in [3.63, 3.8) is 0 Å². The van der Waals surface area contributed by atoms with Crippen molar-refractivity contribution in [2.75, 3.05) is 26.3 Å². The molecule has 1 amide bonds. The number of aliphatic hydroxyl groups excluding tert-OH is 1. The van der Waals surface area contributed by atoms with Gasteiger partial charge in [-0.3, -0.25) is 4.79 Å². The highest BCUT2D eigenvalue weighted by atomic mass is 19.1. The average Bonchev–Trinajstić information content (AvgIpc) is 3.12. The van der Waals surface area contributed by atoms with Gasteiger partial charge in [-0.15, -0.1) is 0 Å². The lowest BCUT2D eigenvalue weighted by atomic mass is 9.69. The van der Waals surface area contributed by atoms with Crippen molar-refractivity contribution in [3.05, 3.63) is 59.4 Å². The quantitative estimate of drug-likeness (QED) is 0.640. The zero-order valence-corrected chi connectivity index (χ0v) is 17.3. The Bertz CT molecular complexity index is 1160. The lowest BCUT2D eigenvalue weighted by molar-refractivity contribution is -0.147. The molecule has 0 radical (unpaired) electrons. The number of benzene rings is 2. The van der Waals surface area contributed by atoms with Gasteiger partial charge in [-0.25, -0.2) is 13.2 Å². The summed E-state index contributed by atoms with van der Waals surface area (Å²) in [6.45, 7) is 1.11. The number of carbonyl (C=O) groups is 1. The largest absolute Gasteiger partial charge is 0.394 e. The monoisotopic (exact) mass is 444 g/mol. The van der Waals surface area contributed by atoms with Crippen LogP contribution in [0.25, 0.3) is 22.2 Å². The fraction of sp³-hybridized carbons (Fsp3) is 0.375. The lowest BCUT2D eigenvalue weighted by Gasteiger charge is -2.40. The van der Waals surface area contributed by atoms with E-state index in [9.17, 15) is 23.1 Å². The number of rotatable bonds is 4. The van der Waals surface area contributed by atoms with Crippen LogP contribution in [0.5, 0.6) is 0 Å². The first-order chi connectivity index (χ1) is 15.4. The molecular formula is C24H23F3N2O3. The fourth-order valence-electron chi connectivity index (χ4n) is 4.85. The molecule has 2 fully saturated rings. The second-order valence-corrected chi connectivity index (χ2v) is 8.56. The molecule has 32 heavy (non-hydrogen) atoms. The number of fused-ring (bicyclic) bond motifs is 1. The van der Waals surface area contributed by atoms with E-state index >= 15 is 0 Å². The molecular weight excluding hydrogens is 421 g/mol. The molecule has 1 aromatic heterocycles. The van der Waals surface area contributed by atoms with Crippen LogP contribution in [0.4, 0.5) is 13.2 Å². The minimum Gasteiger partial charge on any atom is -0.394 e. The first kappa shape index (κ1) is 21.0. The number of ether oxygens (including phenoxy) is 1. The Morgan fingerprint density at radius 3 is 2.59 bits per heavy atom. The van der Waals surface area contributed by atoms with E-state index < -0.39 is 11.6 Å². The summed E-state index contributed by atoms with van der Waals surface area (Å²) in [4.78, 5) is 17.7. The van der Waals surface area contributed by atoms with Crippen molar-refractivity contribution in [3.8, 4) is 11.3 Å². The molecule has 2 aromatic carbocycles. The Labute approximate surface area is 182 Å². The van der Waals surface area contributed by atoms with Crippen molar-refractivity contribution in [1.82, 2.24) is 9.88 Å². The summed E-state index contributed by atoms with van der Waals surface area (Å²) in [5.74, 6) is -1.98. The highest BCUT2D eigenvalue weighted by molar-refractivity contribution is 5.92. The highest BCUT2D eigenvalue weighted by Crippen LogP contribution is 2.49. The predicted octanol–water partition coefficient (Wildman–Crippen LogP) is 3.97. The summed E-state index contributed by atoms with van der Waals surface area (Å²) < 4.78 is 47.4. The second kappa shape index (κ2) is 8.26. The van der Waals surface area contributed by atoms with Gasteiger partial charge in [-0.05, 0) is 60.2 Å². The van der Waals surface area contributed by atoms with Gasteiger partial charge in [0.1, 0.15) is 17.5 Å². The molecule has 2 heterocycles. The molecule has 0 bridgehead atoms. The van der Waals surface area contributed by atoms with Crippen LogP contribution in [0.3, 0.4) is 0 Å². The van der Waals surface area contributed by atoms with Crippen LogP contribution >= 0.6 is 0 Å². The Hall–Kier alpha value is -2.84. The van der Waals surface area contributed by atoms with Gasteiger partial charge in [0.2, 0.25) is 5.91 Å². The molecule has 5 rings (SSSR count). The first-order valence-corrected chi connectivity index (χ1v) is 10.7. The smallest absolute Gasteiger partial charge is 0.225 e. The van der Waals surface area contributed by atoms with Gasteiger partial charge in [0.25, 0.3) is 0 Å². The number of nitrogens with one attached hydrogen (secondary N) is 1. The average molecular weight is 444 g/mol. The van der Waals surface area contributed by atoms with Crippen molar-refractivity contribution in [2.24, 2.45) is 5.92 Å². The fourth-order valence-corrected chi connectivity index (χ4v) is 4.85. The topological polar surface area (TPSA) is 65.6 Å². The Morgan fingerprint density at radius 2 is 1.88 bits per heavy atom. The van der Waals surface area contributed by atoms with E-state index in [-0.39, 0.29) is 41.8 Å². The van der Waals surface area contributed by atoms with Crippen molar-refractivity contribution in [2.45, 2.75) is 24.9 Å². The Kier molecular flexibility index (Phi) is 5.43. The van der Waals surface area contributed by atoms with Crippen molar-refractivity contribution < 1.29 is 27.8 Å². The van der Waals surface area contributed by atoms with Crippen molar-refractivity contribution >= 4 is 16.8 Å². The number of aromatic amines is 1. The van der Waals surface area contributed by atoms with Crippen LogP contribution in [0, 0.1) is 23.4 Å². The molecule has 2 aliphatic rings. The third kappa shape index (κ3) is 3.67. The van der Waals surface area contributed by atoms with Crippen molar-refractivity contribution in [1.29, 1.82) is 0 Å². The summed E-state index contributed by atoms with van der Waals surface area (Å²) in [6, 6.07) is 7.99. The van der Waals surface area contributed by atoms with E-state index in [1.165, 1.54) is 18.2 Å². The molecule has 168 valence electrons. The molecule has 3 aromatic rings. The molecule has 1 atom stereocenters. The van der Waals surface area contributed by atoms with Crippen LogP contribution in [0.15, 0.2) is 36.4 Å². The maximum Gasteiger partial charge on any atom is 0.225 e. The van der Waals surface area contributed by atoms with Gasteiger partial charge in [-0.2, -0.15) is 0 Å². The molecule has 0 unspecified atom stereocenters. The number of morpholine rings is 1. The number of hydrogen-bond acceptors (Lipinski definition) is 3. The minimum absolute atomic E-state index is 0.0172. The van der Waals surface area contributed by atoms with E-state index in [1.54, 1.807) is 17.0 Å². The minimum atomic E-state index is -0.690. The molecule has 8 heteroatoms. The number of hydrogen-bond donors (Lipinski definition) is 2. The maximum atomic E-state index is 14.5. The van der Waals surface area contributed by atoms with E-state index in [0.717, 1.165) is 11.6 Å². The van der Waals surface area contributed by atoms with Gasteiger partial charge in [0.15, 0.2) is 0 Å². The molecule has 1 aliphatic heterocycles. The summed E-state index contributed by atoms with van der Waals surface area (Å²) >= 11 is 0. The molecule has 1 saturated heterocycles. The van der Waals surface area contributed by atoms with E-state index in [2.05, 4.69) is 4.98 Å². The zero-order valence-electron chi connectivity index (χ0n) is 17.3. The summed E-state index contributed by atoms with van der Waals surface area (Å²) in [6.07, 6.45) is 0.742. The second-order valence-electron chi connectivity index (χ2n) is 8.56. The highest BCUT2D eigenvalue weighted by Gasteiger charge is 2.41. The number of nitrogens with zero attached hydrogens (tertiary/aromatic N) is 1. The number of H-pyrrole nitrogens is 1. The third-order valence-corrected chi connectivity index (χ3v) is 6.55. The molecule has 1 aliphatic carbocycles. The third-order valence-electron chi connectivity index (χ3n) is 6.55. The number of halogens is 3. The molecule has 0 spiro atoms. The lowest BCUT2D eigenvalue weighted by Crippen LogP contribution is -2.50. The normalized spacial score (nSPS) is 23.4. The van der Waals surface area contributed by atoms with Crippen LogP contribution in [-0.4, -0.2) is 53.3 Å². The van der Waals surface area contributed by atoms with Gasteiger partial charge >= 0.3 is 0 Å². The van der Waals surface area contributed by atoms with Gasteiger partial charge in [0, 0.05) is 30.5 Å². The SMILES string of the molecule is O=C(C1CC(c2c(-c3ccc(F)cc3)[nH]c3c(F)cc(F)cc23)C1)N1CCO[C@H](CO)C1. The summed E-state index contributed by atoms with van der Waals surface area (Å²) in [5, 5.41) is 9.77. The van der Waals surface area contributed by atoms with E-state index in [4.69, 9.17) is 4.74 Å². The summed E-state index contributed by atoms with van der Waals surface area (Å²) in [7, 11) is 0. The van der Waals surface area contributed by atoms with Crippen LogP contribution < -0.4 is 0 Å². The number of carbonyl (C=O) groups excluding carboxylic acids is 1. The molecule has 5 nitrogen and oxygen atoms in total. The summed E-state index contributed by atoms with van der Waals surface area (Å²) in [5.41, 5.74) is 2.25. The number of aromatic nitrogens is 1. The Morgan fingerprint density at radius 1 is 1.12 bits per heavy atom.